The van der Waals surface area contributed by atoms with Gasteiger partial charge in [-0.3, -0.25) is 14.4 Å². The van der Waals surface area contributed by atoms with Crippen LogP contribution in [0.15, 0.2) is 35.1 Å². The first kappa shape index (κ1) is 21.9. The first-order chi connectivity index (χ1) is 16.3. The van der Waals surface area contributed by atoms with Gasteiger partial charge >= 0.3 is 5.97 Å². The van der Waals surface area contributed by atoms with Gasteiger partial charge in [0.1, 0.15) is 29.0 Å². The van der Waals surface area contributed by atoms with Crippen molar-refractivity contribution in [2.24, 2.45) is 23.2 Å². The van der Waals surface area contributed by atoms with E-state index < -0.39 is 63.9 Å². The van der Waals surface area contributed by atoms with Gasteiger partial charge in [0.25, 0.3) is 0 Å². The maximum Gasteiger partial charge on any atom is 0.311 e. The number of ketones is 2. The van der Waals surface area contributed by atoms with E-state index >= 15 is 0 Å². The number of carbonyl (C=O) groups is 3. The number of hydrogen-bond donors (Lipinski definition) is 1. The molecule has 0 radical (unpaired) electrons. The van der Waals surface area contributed by atoms with E-state index in [0.29, 0.717) is 24.8 Å². The standard InChI is InChI=1S/C27H30O8/c1-12-17-18(33-21(12)29)16-19-24(4,22(30)25(16,5)31)8-9-26-10-13-11-32-23(2,3)14(13)6-7-15(26)20(28)27(19,34-17)35-26/h6-7,11-12,16-19,31H,8-10H2,1-5H3/t12-,16+,17+,18+,19-,24-,25+,26-,27-/m0/s1. The maximum atomic E-state index is 14.4. The lowest BCUT2D eigenvalue weighted by Crippen LogP contribution is -2.64. The first-order valence-corrected chi connectivity index (χ1v) is 12.5. The Labute approximate surface area is 203 Å². The van der Waals surface area contributed by atoms with Crippen LogP contribution in [0.4, 0.5) is 0 Å². The Morgan fingerprint density at radius 2 is 1.71 bits per heavy atom. The Balaban J connectivity index is 1.45. The van der Waals surface area contributed by atoms with Crippen LogP contribution in [-0.2, 0) is 33.3 Å². The molecule has 186 valence electrons. The molecule has 0 aromatic rings. The van der Waals surface area contributed by atoms with Crippen molar-refractivity contribution in [3.63, 3.8) is 0 Å². The van der Waals surface area contributed by atoms with Gasteiger partial charge in [0.05, 0.1) is 12.2 Å². The maximum absolute atomic E-state index is 14.4. The zero-order valence-corrected chi connectivity index (χ0v) is 20.5. The van der Waals surface area contributed by atoms with Crippen molar-refractivity contribution in [1.29, 1.82) is 0 Å². The van der Waals surface area contributed by atoms with Crippen LogP contribution in [0.3, 0.4) is 0 Å². The van der Waals surface area contributed by atoms with E-state index in [9.17, 15) is 19.5 Å². The highest BCUT2D eigenvalue weighted by atomic mass is 16.7. The van der Waals surface area contributed by atoms with Crippen LogP contribution in [0.2, 0.25) is 0 Å². The number of hydrogen-bond acceptors (Lipinski definition) is 8. The third kappa shape index (κ3) is 2.24. The van der Waals surface area contributed by atoms with Gasteiger partial charge in [0.15, 0.2) is 5.78 Å². The molecule has 0 unspecified atom stereocenters. The Bertz CT molecular complexity index is 1220. The van der Waals surface area contributed by atoms with Crippen molar-refractivity contribution in [2.75, 3.05) is 0 Å². The van der Waals surface area contributed by atoms with Gasteiger partial charge in [-0.15, -0.1) is 0 Å². The fraction of sp³-hybridized carbons (Fsp3) is 0.667. The van der Waals surface area contributed by atoms with E-state index in [0.717, 1.165) is 11.1 Å². The summed E-state index contributed by atoms with van der Waals surface area (Å²) < 4.78 is 25.0. The SMILES string of the molecule is C[C@@H]1C(=O)O[C@H]2[C@@H]1O[C@]13O[C@@]4(CC[C@]5(C)C(=O)[C@](C)(O)[C@H]2[C@H]15)CC1=COC(C)(C)C1=CC=C4C3=O. The van der Waals surface area contributed by atoms with E-state index in [1.165, 1.54) is 6.92 Å². The molecule has 0 aromatic carbocycles. The zero-order valence-electron chi connectivity index (χ0n) is 20.5. The molecular weight excluding hydrogens is 452 g/mol. The second-order valence-corrected chi connectivity index (χ2v) is 12.4. The number of rotatable bonds is 0. The molecule has 1 N–H and O–H groups in total. The molecule has 2 aliphatic carbocycles. The van der Waals surface area contributed by atoms with Crippen LogP contribution in [0.1, 0.15) is 53.9 Å². The van der Waals surface area contributed by atoms with Crippen LogP contribution in [0, 0.1) is 23.2 Å². The number of fused-ring (bicyclic) bond motifs is 3. The molecule has 1 saturated carbocycles. The largest absolute Gasteiger partial charge is 0.490 e. The lowest BCUT2D eigenvalue weighted by atomic mass is 9.62. The van der Waals surface area contributed by atoms with Crippen LogP contribution in [0.5, 0.6) is 0 Å². The number of esters is 1. The van der Waals surface area contributed by atoms with Crippen molar-refractivity contribution < 1.29 is 38.4 Å². The molecule has 4 saturated heterocycles. The molecule has 8 heteroatoms. The molecule has 5 aliphatic heterocycles. The summed E-state index contributed by atoms with van der Waals surface area (Å²) in [5, 5.41) is 11.6. The average Bonchev–Trinajstić information content (AvgIpc) is 3.27. The lowest BCUT2D eigenvalue weighted by Gasteiger charge is -2.50. The molecule has 35 heavy (non-hydrogen) atoms. The molecule has 9 atom stereocenters. The van der Waals surface area contributed by atoms with Gasteiger partial charge in [0.2, 0.25) is 11.6 Å². The molecule has 7 aliphatic rings. The molecule has 2 bridgehead atoms. The summed E-state index contributed by atoms with van der Waals surface area (Å²) in [6.07, 6.45) is 5.12. The number of allylic oxidation sites excluding steroid dienone is 2. The van der Waals surface area contributed by atoms with E-state index in [1.54, 1.807) is 20.1 Å². The smallest absolute Gasteiger partial charge is 0.311 e. The van der Waals surface area contributed by atoms with E-state index in [-0.39, 0.29) is 11.6 Å². The minimum atomic E-state index is -1.78. The Morgan fingerprint density at radius 1 is 1.00 bits per heavy atom. The summed E-state index contributed by atoms with van der Waals surface area (Å²) in [5.74, 6) is -5.14. The normalized spacial score (nSPS) is 52.7. The Morgan fingerprint density at radius 3 is 2.46 bits per heavy atom. The fourth-order valence-corrected chi connectivity index (χ4v) is 8.29. The summed E-state index contributed by atoms with van der Waals surface area (Å²) in [7, 11) is 0. The van der Waals surface area contributed by atoms with Gasteiger partial charge in [-0.25, -0.2) is 0 Å². The topological polar surface area (TPSA) is 108 Å². The molecular formula is C27H30O8. The number of Topliss-reactive ketones (excluding diaryl/α,β-unsaturated/α-hetero) is 2. The van der Waals surface area contributed by atoms with Gasteiger partial charge < -0.3 is 24.1 Å². The van der Waals surface area contributed by atoms with Gasteiger partial charge in [-0.2, -0.15) is 0 Å². The number of aliphatic hydroxyl groups is 1. The molecule has 2 spiro atoms. The zero-order chi connectivity index (χ0) is 24.9. The van der Waals surface area contributed by atoms with Crippen molar-refractivity contribution in [2.45, 2.75) is 88.7 Å². The minimum Gasteiger partial charge on any atom is -0.490 e. The fourth-order valence-electron chi connectivity index (χ4n) is 8.29. The number of carbonyl (C=O) groups excluding carboxylic acids is 3. The molecule has 5 fully saturated rings. The summed E-state index contributed by atoms with van der Waals surface area (Å²) >= 11 is 0. The van der Waals surface area contributed by atoms with Gasteiger partial charge in [-0.1, -0.05) is 19.1 Å². The predicted molar refractivity (Wildman–Crippen MR) is 119 cm³/mol. The lowest BCUT2D eigenvalue weighted by molar-refractivity contribution is -0.331. The molecule has 8 nitrogen and oxygen atoms in total. The average molecular weight is 483 g/mol. The third-order valence-corrected chi connectivity index (χ3v) is 10.0. The first-order valence-electron chi connectivity index (χ1n) is 12.5. The van der Waals surface area contributed by atoms with Crippen molar-refractivity contribution in [3.05, 3.63) is 35.1 Å². The van der Waals surface area contributed by atoms with Crippen LogP contribution < -0.4 is 0 Å². The van der Waals surface area contributed by atoms with Crippen LogP contribution in [-0.4, -0.2) is 57.4 Å². The Hall–Kier alpha value is -2.29. The molecule has 0 amide bonds. The highest BCUT2D eigenvalue weighted by Gasteiger charge is 2.82. The summed E-state index contributed by atoms with van der Waals surface area (Å²) in [6.45, 7) is 8.94. The highest BCUT2D eigenvalue weighted by molar-refractivity contribution is 6.08. The van der Waals surface area contributed by atoms with Gasteiger partial charge in [0, 0.05) is 34.8 Å². The van der Waals surface area contributed by atoms with E-state index in [4.69, 9.17) is 18.9 Å². The van der Waals surface area contributed by atoms with Crippen LogP contribution >= 0.6 is 0 Å². The summed E-state index contributed by atoms with van der Waals surface area (Å²) in [4.78, 5) is 40.8. The second kappa shape index (κ2) is 5.98. The molecule has 7 rings (SSSR count). The summed E-state index contributed by atoms with van der Waals surface area (Å²) in [5.41, 5.74) is -1.89. The van der Waals surface area contributed by atoms with Gasteiger partial charge in [-0.05, 0) is 46.1 Å². The van der Waals surface area contributed by atoms with Crippen molar-refractivity contribution in [1.82, 2.24) is 0 Å². The third-order valence-electron chi connectivity index (χ3n) is 10.0. The number of ether oxygens (including phenoxy) is 4. The monoisotopic (exact) mass is 482 g/mol. The van der Waals surface area contributed by atoms with Crippen molar-refractivity contribution in [3.8, 4) is 0 Å². The van der Waals surface area contributed by atoms with E-state index in [2.05, 4.69) is 0 Å². The van der Waals surface area contributed by atoms with E-state index in [1.807, 2.05) is 26.0 Å². The van der Waals surface area contributed by atoms with Crippen molar-refractivity contribution >= 4 is 17.5 Å². The minimum absolute atomic E-state index is 0.315. The quantitative estimate of drug-likeness (QED) is 0.524. The molecule has 5 heterocycles. The molecule has 0 aromatic heterocycles. The second-order valence-electron chi connectivity index (χ2n) is 12.4. The Kier molecular flexibility index (Phi) is 3.75. The van der Waals surface area contributed by atoms with Crippen LogP contribution in [0.25, 0.3) is 0 Å². The highest BCUT2D eigenvalue weighted by Crippen LogP contribution is 2.69. The summed E-state index contributed by atoms with van der Waals surface area (Å²) in [6, 6.07) is 0. The predicted octanol–water partition coefficient (Wildman–Crippen LogP) is 2.30.